The molecule has 1 aliphatic heterocycles. The summed E-state index contributed by atoms with van der Waals surface area (Å²) in [4.78, 5) is 14.8. The lowest BCUT2D eigenvalue weighted by atomic mass is 10.1. The molecule has 0 saturated carbocycles. The minimum absolute atomic E-state index is 0.0456. The summed E-state index contributed by atoms with van der Waals surface area (Å²) in [5, 5.41) is 0. The Morgan fingerprint density at radius 2 is 1.83 bits per heavy atom. The lowest BCUT2D eigenvalue weighted by Crippen LogP contribution is -2.29. The van der Waals surface area contributed by atoms with E-state index in [0.29, 0.717) is 22.3 Å². The zero-order valence-corrected chi connectivity index (χ0v) is 18.1. The molecule has 0 aromatic heterocycles. The third-order valence-electron chi connectivity index (χ3n) is 4.89. The van der Waals surface area contributed by atoms with Crippen molar-refractivity contribution in [3.8, 4) is 0 Å². The molecule has 1 aliphatic rings. The summed E-state index contributed by atoms with van der Waals surface area (Å²) in [5.74, 6) is -0.205. The number of fused-ring (bicyclic) bond motifs is 1. The van der Waals surface area contributed by atoms with Gasteiger partial charge in [0.1, 0.15) is 0 Å². The fourth-order valence-corrected chi connectivity index (χ4v) is 5.02. The van der Waals surface area contributed by atoms with E-state index in [2.05, 4.69) is 20.7 Å². The number of sulfonamides is 1. The van der Waals surface area contributed by atoms with Crippen LogP contribution in [0.3, 0.4) is 0 Å². The van der Waals surface area contributed by atoms with Gasteiger partial charge in [-0.2, -0.15) is 0 Å². The molecule has 0 unspecified atom stereocenters. The highest BCUT2D eigenvalue weighted by molar-refractivity contribution is 9.10. The number of hydrogen-bond donors (Lipinski definition) is 1. The summed E-state index contributed by atoms with van der Waals surface area (Å²) in [6.45, 7) is 2.47. The molecule has 7 heteroatoms. The first-order chi connectivity index (χ1) is 13.8. The molecule has 3 aromatic rings. The number of hydrogen-bond acceptors (Lipinski definition) is 3. The van der Waals surface area contributed by atoms with Crippen molar-refractivity contribution in [2.75, 3.05) is 16.2 Å². The van der Waals surface area contributed by atoms with Crippen LogP contribution < -0.4 is 9.62 Å². The van der Waals surface area contributed by atoms with Crippen LogP contribution in [0, 0.1) is 6.92 Å². The quantitative estimate of drug-likeness (QED) is 0.597. The van der Waals surface area contributed by atoms with Gasteiger partial charge in [-0.3, -0.25) is 9.52 Å². The van der Waals surface area contributed by atoms with Crippen molar-refractivity contribution in [2.24, 2.45) is 0 Å². The fourth-order valence-electron chi connectivity index (χ4n) is 3.42. The largest absolute Gasteiger partial charge is 0.308 e. The summed E-state index contributed by atoms with van der Waals surface area (Å²) in [6.07, 6.45) is 0.794. The smallest absolute Gasteiger partial charge is 0.261 e. The van der Waals surface area contributed by atoms with Crippen LogP contribution in [-0.2, 0) is 16.4 Å². The van der Waals surface area contributed by atoms with Gasteiger partial charge in [0.2, 0.25) is 0 Å². The SMILES string of the molecule is Cc1ccc(Br)c(NS(=O)(=O)c2cccc(C(=O)N3CCc4ccccc43)c2)c1. The van der Waals surface area contributed by atoms with Crippen LogP contribution in [0.2, 0.25) is 0 Å². The molecule has 29 heavy (non-hydrogen) atoms. The van der Waals surface area contributed by atoms with Crippen LogP contribution >= 0.6 is 15.9 Å². The van der Waals surface area contributed by atoms with Gasteiger partial charge in [0.05, 0.1) is 10.6 Å². The second-order valence-electron chi connectivity index (χ2n) is 6.95. The van der Waals surface area contributed by atoms with Crippen LogP contribution in [0.1, 0.15) is 21.5 Å². The van der Waals surface area contributed by atoms with E-state index in [1.807, 2.05) is 37.3 Å². The van der Waals surface area contributed by atoms with Gasteiger partial charge in [-0.05, 0) is 76.8 Å². The summed E-state index contributed by atoms with van der Waals surface area (Å²) in [5.41, 5.74) is 3.73. The van der Waals surface area contributed by atoms with Gasteiger partial charge in [-0.1, -0.05) is 30.3 Å². The van der Waals surface area contributed by atoms with E-state index in [1.54, 1.807) is 29.2 Å². The second kappa shape index (κ2) is 7.65. The van der Waals surface area contributed by atoms with Crippen molar-refractivity contribution in [2.45, 2.75) is 18.2 Å². The Hall–Kier alpha value is -2.64. The molecule has 0 atom stereocenters. The van der Waals surface area contributed by atoms with Gasteiger partial charge in [-0.15, -0.1) is 0 Å². The number of nitrogens with zero attached hydrogens (tertiary/aromatic N) is 1. The number of rotatable bonds is 4. The minimum Gasteiger partial charge on any atom is -0.308 e. The van der Waals surface area contributed by atoms with Gasteiger partial charge >= 0.3 is 0 Å². The number of carbonyl (C=O) groups excluding carboxylic acids is 1. The van der Waals surface area contributed by atoms with Crippen LogP contribution in [0.4, 0.5) is 11.4 Å². The van der Waals surface area contributed by atoms with Gasteiger partial charge < -0.3 is 4.90 Å². The summed E-state index contributed by atoms with van der Waals surface area (Å²) >= 11 is 3.37. The van der Waals surface area contributed by atoms with E-state index in [4.69, 9.17) is 0 Å². The van der Waals surface area contributed by atoms with Gasteiger partial charge in [0.25, 0.3) is 15.9 Å². The van der Waals surface area contributed by atoms with Crippen molar-refractivity contribution in [3.63, 3.8) is 0 Å². The number of anilines is 2. The standard InChI is InChI=1S/C22H19BrN2O3S/c1-15-9-10-19(23)20(13-15)24-29(27,28)18-7-4-6-17(14-18)22(26)25-12-11-16-5-2-3-8-21(16)25/h2-10,13-14,24H,11-12H2,1H3. The molecule has 0 spiro atoms. The van der Waals surface area contributed by atoms with E-state index in [-0.39, 0.29) is 10.8 Å². The molecule has 1 heterocycles. The highest BCUT2D eigenvalue weighted by atomic mass is 79.9. The summed E-state index contributed by atoms with van der Waals surface area (Å²) in [7, 11) is -3.84. The Labute approximate surface area is 178 Å². The predicted octanol–water partition coefficient (Wildman–Crippen LogP) is 4.76. The maximum absolute atomic E-state index is 13.0. The third-order valence-corrected chi connectivity index (χ3v) is 6.94. The van der Waals surface area contributed by atoms with Gasteiger partial charge in [0, 0.05) is 22.3 Å². The van der Waals surface area contributed by atoms with E-state index in [0.717, 1.165) is 23.2 Å². The molecular weight excluding hydrogens is 452 g/mol. The average molecular weight is 471 g/mol. The molecule has 0 fully saturated rings. The van der Waals surface area contributed by atoms with E-state index in [9.17, 15) is 13.2 Å². The maximum atomic E-state index is 13.0. The lowest BCUT2D eigenvalue weighted by Gasteiger charge is -2.18. The minimum atomic E-state index is -3.84. The molecule has 4 rings (SSSR count). The Morgan fingerprint density at radius 3 is 2.66 bits per heavy atom. The van der Waals surface area contributed by atoms with Crippen LogP contribution in [0.15, 0.2) is 76.1 Å². The normalized spacial score (nSPS) is 13.2. The molecule has 0 saturated heterocycles. The van der Waals surface area contributed by atoms with Crippen molar-refractivity contribution in [1.29, 1.82) is 0 Å². The lowest BCUT2D eigenvalue weighted by molar-refractivity contribution is 0.0989. The molecule has 1 N–H and O–H groups in total. The van der Waals surface area contributed by atoms with Crippen LogP contribution in [0.25, 0.3) is 0 Å². The van der Waals surface area contributed by atoms with Crippen molar-refractivity contribution in [1.82, 2.24) is 0 Å². The summed E-state index contributed by atoms with van der Waals surface area (Å²) < 4.78 is 29.0. The molecule has 0 aliphatic carbocycles. The third kappa shape index (κ3) is 3.93. The maximum Gasteiger partial charge on any atom is 0.261 e. The van der Waals surface area contributed by atoms with E-state index >= 15 is 0 Å². The predicted molar refractivity (Wildman–Crippen MR) is 118 cm³/mol. The molecule has 148 valence electrons. The molecule has 0 bridgehead atoms. The second-order valence-corrected chi connectivity index (χ2v) is 9.49. The first kappa shape index (κ1) is 19.7. The highest BCUT2D eigenvalue weighted by Crippen LogP contribution is 2.30. The van der Waals surface area contributed by atoms with Gasteiger partial charge in [0.15, 0.2) is 0 Å². The fraction of sp³-hybridized carbons (Fsp3) is 0.136. The zero-order chi connectivity index (χ0) is 20.6. The highest BCUT2D eigenvalue weighted by Gasteiger charge is 2.26. The monoisotopic (exact) mass is 470 g/mol. The van der Waals surface area contributed by atoms with E-state index in [1.165, 1.54) is 12.1 Å². The molecular formula is C22H19BrN2O3S. The number of aryl methyl sites for hydroxylation is 1. The number of para-hydroxylation sites is 1. The van der Waals surface area contributed by atoms with Crippen LogP contribution in [-0.4, -0.2) is 20.9 Å². The molecule has 5 nitrogen and oxygen atoms in total. The Balaban J connectivity index is 1.63. The van der Waals surface area contributed by atoms with Crippen molar-refractivity contribution >= 4 is 43.2 Å². The first-order valence-corrected chi connectivity index (χ1v) is 11.4. The van der Waals surface area contributed by atoms with Crippen molar-refractivity contribution < 1.29 is 13.2 Å². The molecule has 0 radical (unpaired) electrons. The number of halogens is 1. The van der Waals surface area contributed by atoms with Crippen molar-refractivity contribution in [3.05, 3.63) is 87.9 Å². The molecule has 1 amide bonds. The first-order valence-electron chi connectivity index (χ1n) is 9.14. The number of amides is 1. The Bertz CT molecular complexity index is 1210. The zero-order valence-electron chi connectivity index (χ0n) is 15.7. The number of benzene rings is 3. The number of carbonyl (C=O) groups is 1. The number of nitrogens with one attached hydrogen (secondary N) is 1. The average Bonchev–Trinajstić information content (AvgIpc) is 3.14. The Kier molecular flexibility index (Phi) is 5.19. The van der Waals surface area contributed by atoms with Gasteiger partial charge in [-0.25, -0.2) is 8.42 Å². The summed E-state index contributed by atoms with van der Waals surface area (Å²) in [6, 6.07) is 19.3. The van der Waals surface area contributed by atoms with Crippen LogP contribution in [0.5, 0.6) is 0 Å². The van der Waals surface area contributed by atoms with E-state index < -0.39 is 10.0 Å². The topological polar surface area (TPSA) is 66.5 Å². The Morgan fingerprint density at radius 1 is 1.03 bits per heavy atom. The molecule has 3 aromatic carbocycles.